The molecule has 0 aliphatic carbocycles. The van der Waals surface area contributed by atoms with Crippen molar-refractivity contribution in [2.24, 2.45) is 0 Å². The van der Waals surface area contributed by atoms with Crippen LogP contribution in [0.1, 0.15) is 31.1 Å². The van der Waals surface area contributed by atoms with Crippen LogP contribution < -0.4 is 5.32 Å². The molecule has 0 aromatic carbocycles. The van der Waals surface area contributed by atoms with Crippen molar-refractivity contribution in [3.8, 4) is 0 Å². The zero-order valence-electron chi connectivity index (χ0n) is 12.1. The normalized spacial score (nSPS) is 13.0. The Morgan fingerprint density at radius 1 is 1.57 bits per heavy atom. The maximum Gasteiger partial charge on any atom is 0.295 e. The van der Waals surface area contributed by atoms with Crippen molar-refractivity contribution in [2.45, 2.75) is 32.4 Å². The lowest BCUT2D eigenvalue weighted by Gasteiger charge is -2.23. The van der Waals surface area contributed by atoms with Gasteiger partial charge in [-0.15, -0.1) is 4.58 Å². The first kappa shape index (κ1) is 18.1. The SMILES string of the molecule is CC(C)(C)NCC(O)CON(Cl)C(=O)c1cccnc1Cl. The minimum absolute atomic E-state index is 0.0340. The Kier molecular flexibility index (Phi) is 6.83. The maximum absolute atomic E-state index is 11.9. The first-order chi connectivity index (χ1) is 9.70. The fraction of sp³-hybridized carbons (Fsp3) is 0.538. The number of aliphatic hydroxyl groups excluding tert-OH is 1. The molecule has 0 radical (unpaired) electrons. The standard InChI is InChI=1S/C13H19Cl2N3O3/c1-13(2,3)17-7-9(19)8-21-18(15)12(20)10-5-4-6-16-11(10)14/h4-6,9,17,19H,7-8H2,1-3H3. The smallest absolute Gasteiger partial charge is 0.295 e. The highest BCUT2D eigenvalue weighted by atomic mass is 35.5. The van der Waals surface area contributed by atoms with E-state index in [2.05, 4.69) is 10.3 Å². The monoisotopic (exact) mass is 335 g/mol. The summed E-state index contributed by atoms with van der Waals surface area (Å²) in [5.74, 6) is -0.647. The number of hydroxylamine groups is 1. The Hall–Kier alpha value is -0.920. The van der Waals surface area contributed by atoms with Crippen LogP contribution in [-0.4, -0.2) is 45.4 Å². The highest BCUT2D eigenvalue weighted by molar-refractivity contribution is 6.34. The molecule has 0 fully saturated rings. The van der Waals surface area contributed by atoms with E-state index in [1.807, 2.05) is 20.8 Å². The third-order valence-corrected chi connectivity index (χ3v) is 2.95. The van der Waals surface area contributed by atoms with E-state index in [4.69, 9.17) is 28.2 Å². The van der Waals surface area contributed by atoms with Gasteiger partial charge in [-0.2, -0.15) is 0 Å². The van der Waals surface area contributed by atoms with Gasteiger partial charge in [0.15, 0.2) is 0 Å². The zero-order valence-corrected chi connectivity index (χ0v) is 13.6. The number of nitrogens with one attached hydrogen (secondary N) is 1. The summed E-state index contributed by atoms with van der Waals surface area (Å²) in [6.07, 6.45) is 0.656. The van der Waals surface area contributed by atoms with Gasteiger partial charge in [0.05, 0.1) is 11.7 Å². The molecule has 0 saturated heterocycles. The lowest BCUT2D eigenvalue weighted by molar-refractivity contribution is -0.0899. The van der Waals surface area contributed by atoms with Gasteiger partial charge in [0.1, 0.15) is 11.8 Å². The number of carbonyl (C=O) groups is 1. The number of pyridine rings is 1. The van der Waals surface area contributed by atoms with Crippen molar-refractivity contribution in [2.75, 3.05) is 13.2 Å². The van der Waals surface area contributed by atoms with Crippen LogP contribution in [-0.2, 0) is 4.84 Å². The summed E-state index contributed by atoms with van der Waals surface area (Å²) in [6, 6.07) is 3.04. The molecule has 1 amide bonds. The van der Waals surface area contributed by atoms with E-state index in [1.165, 1.54) is 12.3 Å². The summed E-state index contributed by atoms with van der Waals surface area (Å²) < 4.78 is 0.517. The number of hydrogen-bond acceptors (Lipinski definition) is 5. The van der Waals surface area contributed by atoms with E-state index in [-0.39, 0.29) is 22.9 Å². The minimum Gasteiger partial charge on any atom is -0.389 e. The first-order valence-corrected chi connectivity index (χ1v) is 7.09. The molecule has 1 aromatic rings. The lowest BCUT2D eigenvalue weighted by Crippen LogP contribution is -2.42. The Morgan fingerprint density at radius 3 is 2.81 bits per heavy atom. The third-order valence-electron chi connectivity index (χ3n) is 2.40. The number of rotatable bonds is 6. The summed E-state index contributed by atoms with van der Waals surface area (Å²) in [7, 11) is 0. The fourth-order valence-corrected chi connectivity index (χ4v) is 1.68. The summed E-state index contributed by atoms with van der Waals surface area (Å²) in [6.45, 7) is 6.11. The van der Waals surface area contributed by atoms with Gasteiger partial charge in [0.2, 0.25) is 0 Å². The number of amides is 1. The molecule has 0 aliphatic heterocycles. The number of aliphatic hydroxyl groups is 1. The molecule has 0 spiro atoms. The van der Waals surface area contributed by atoms with Crippen LogP contribution in [0.4, 0.5) is 0 Å². The van der Waals surface area contributed by atoms with Gasteiger partial charge in [0.25, 0.3) is 5.91 Å². The van der Waals surface area contributed by atoms with Crippen LogP contribution in [0.3, 0.4) is 0 Å². The van der Waals surface area contributed by atoms with Crippen molar-refractivity contribution < 1.29 is 14.7 Å². The highest BCUT2D eigenvalue weighted by Gasteiger charge is 2.20. The average molecular weight is 336 g/mol. The van der Waals surface area contributed by atoms with Crippen LogP contribution in [0.25, 0.3) is 0 Å². The molecule has 8 heteroatoms. The van der Waals surface area contributed by atoms with Crippen LogP contribution in [0.2, 0.25) is 5.15 Å². The van der Waals surface area contributed by atoms with Crippen molar-refractivity contribution >= 4 is 29.3 Å². The second kappa shape index (κ2) is 7.91. The first-order valence-electron chi connectivity index (χ1n) is 6.37. The molecule has 1 rings (SSSR count). The van der Waals surface area contributed by atoms with Gasteiger partial charge in [0, 0.05) is 30.1 Å². The number of nitrogens with zero attached hydrogens (tertiary/aromatic N) is 2. The predicted octanol–water partition coefficient (Wildman–Crippen LogP) is 2.01. The summed E-state index contributed by atoms with van der Waals surface area (Å²) in [5, 5.41) is 12.9. The number of carbonyl (C=O) groups excluding carboxylic acids is 1. The van der Waals surface area contributed by atoms with Gasteiger partial charge < -0.3 is 10.4 Å². The molecule has 1 aromatic heterocycles. The largest absolute Gasteiger partial charge is 0.389 e. The maximum atomic E-state index is 11.9. The lowest BCUT2D eigenvalue weighted by atomic mass is 10.1. The third kappa shape index (κ3) is 6.58. The molecule has 1 atom stereocenters. The van der Waals surface area contributed by atoms with E-state index in [0.717, 1.165) is 0 Å². The van der Waals surface area contributed by atoms with Crippen molar-refractivity contribution in [1.82, 2.24) is 14.9 Å². The van der Waals surface area contributed by atoms with Crippen LogP contribution in [0.15, 0.2) is 18.3 Å². The predicted molar refractivity (Wildman–Crippen MR) is 81.0 cm³/mol. The Bertz CT molecular complexity index is 480. The van der Waals surface area contributed by atoms with Gasteiger partial charge in [-0.3, -0.25) is 9.63 Å². The van der Waals surface area contributed by atoms with Crippen molar-refractivity contribution in [3.05, 3.63) is 29.0 Å². The van der Waals surface area contributed by atoms with Gasteiger partial charge in [-0.25, -0.2) is 4.98 Å². The Morgan fingerprint density at radius 2 is 2.24 bits per heavy atom. The van der Waals surface area contributed by atoms with Crippen LogP contribution in [0.5, 0.6) is 0 Å². The van der Waals surface area contributed by atoms with E-state index in [1.54, 1.807) is 6.07 Å². The molecule has 21 heavy (non-hydrogen) atoms. The molecule has 1 heterocycles. The second-order valence-electron chi connectivity index (χ2n) is 5.47. The van der Waals surface area contributed by atoms with E-state index < -0.39 is 12.0 Å². The molecule has 0 aliphatic rings. The van der Waals surface area contributed by atoms with E-state index in [0.29, 0.717) is 11.1 Å². The summed E-state index contributed by atoms with van der Waals surface area (Å²) in [5.41, 5.74) is -0.00259. The topological polar surface area (TPSA) is 74.7 Å². The average Bonchev–Trinajstić information content (AvgIpc) is 2.41. The molecule has 2 N–H and O–H groups in total. The molecule has 1 unspecified atom stereocenters. The van der Waals surface area contributed by atoms with Crippen LogP contribution in [0, 0.1) is 0 Å². The number of hydrogen-bond donors (Lipinski definition) is 2. The van der Waals surface area contributed by atoms with Gasteiger partial charge >= 0.3 is 0 Å². The summed E-state index contributed by atoms with van der Waals surface area (Å²) >= 11 is 11.5. The molecule has 0 bridgehead atoms. The van der Waals surface area contributed by atoms with E-state index >= 15 is 0 Å². The minimum atomic E-state index is -0.803. The molecular weight excluding hydrogens is 317 g/mol. The van der Waals surface area contributed by atoms with Crippen molar-refractivity contribution in [1.29, 1.82) is 0 Å². The number of aromatic nitrogens is 1. The Labute approximate surface area is 134 Å². The van der Waals surface area contributed by atoms with Crippen molar-refractivity contribution in [3.63, 3.8) is 0 Å². The number of halogens is 2. The molecule has 0 saturated carbocycles. The molecular formula is C13H19Cl2N3O3. The summed E-state index contributed by atoms with van der Waals surface area (Å²) in [4.78, 5) is 20.7. The Balaban J connectivity index is 2.45. The van der Waals surface area contributed by atoms with E-state index in [9.17, 15) is 9.90 Å². The number of β-amino-alcohol motifs (C(OH)–C–C–N with tert-alkyl or cyclic N) is 1. The second-order valence-corrected chi connectivity index (χ2v) is 6.14. The highest BCUT2D eigenvalue weighted by Crippen LogP contribution is 2.15. The fourth-order valence-electron chi connectivity index (χ4n) is 1.33. The van der Waals surface area contributed by atoms with Gasteiger partial charge in [-0.1, -0.05) is 11.6 Å². The molecule has 6 nitrogen and oxygen atoms in total. The zero-order chi connectivity index (χ0) is 16.0. The quantitative estimate of drug-likeness (QED) is 0.472. The van der Waals surface area contributed by atoms with Gasteiger partial charge in [-0.05, 0) is 32.9 Å². The molecule has 118 valence electrons. The van der Waals surface area contributed by atoms with Crippen LogP contribution >= 0.6 is 23.4 Å².